The van der Waals surface area contributed by atoms with Gasteiger partial charge in [0.1, 0.15) is 5.75 Å². The average molecular weight is 260 g/mol. The molecule has 1 aromatic heterocycles. The highest BCUT2D eigenvalue weighted by molar-refractivity contribution is 5.52. The summed E-state index contributed by atoms with van der Waals surface area (Å²) in [5, 5.41) is 10.9. The fraction of sp³-hybridized carbons (Fsp3) is 0.167. The van der Waals surface area contributed by atoms with E-state index in [2.05, 4.69) is 9.97 Å². The van der Waals surface area contributed by atoms with E-state index in [0.29, 0.717) is 11.3 Å². The number of nitro groups is 1. The topological polar surface area (TPSA) is 104 Å². The minimum atomic E-state index is -0.457. The van der Waals surface area contributed by atoms with Crippen molar-refractivity contribution in [1.29, 1.82) is 0 Å². The van der Waals surface area contributed by atoms with Crippen LogP contribution >= 0.6 is 0 Å². The number of nitrogens with zero attached hydrogens (tertiary/aromatic N) is 3. The van der Waals surface area contributed by atoms with Crippen LogP contribution in [0.5, 0.6) is 11.6 Å². The molecule has 0 atom stereocenters. The number of nitrogen functional groups attached to an aromatic ring is 1. The summed E-state index contributed by atoms with van der Waals surface area (Å²) in [5.74, 6) is 0.596. The van der Waals surface area contributed by atoms with Crippen molar-refractivity contribution >= 4 is 11.5 Å². The number of nitrogens with two attached hydrogens (primary N) is 1. The molecular formula is C12H12N4O3. The summed E-state index contributed by atoms with van der Waals surface area (Å²) >= 11 is 0. The highest BCUT2D eigenvalue weighted by atomic mass is 16.6. The standard InChI is InChI=1S/C12H12N4O3/c1-7-5-8(2)10(6-9(7)16(17)18)19-12-11(13)14-3-4-15-12/h3-6H,1-2H3,(H2,13,14). The number of aromatic nitrogens is 2. The van der Waals surface area contributed by atoms with Crippen molar-refractivity contribution in [3.63, 3.8) is 0 Å². The molecule has 7 nitrogen and oxygen atoms in total. The van der Waals surface area contributed by atoms with Crippen molar-refractivity contribution in [3.8, 4) is 11.6 Å². The molecule has 2 N–H and O–H groups in total. The second kappa shape index (κ2) is 4.89. The molecule has 98 valence electrons. The molecule has 0 saturated carbocycles. The number of anilines is 1. The first kappa shape index (κ1) is 12.7. The van der Waals surface area contributed by atoms with E-state index in [1.54, 1.807) is 19.9 Å². The van der Waals surface area contributed by atoms with Gasteiger partial charge in [-0.1, -0.05) is 0 Å². The Morgan fingerprint density at radius 1 is 1.21 bits per heavy atom. The van der Waals surface area contributed by atoms with E-state index in [9.17, 15) is 10.1 Å². The van der Waals surface area contributed by atoms with Crippen LogP contribution < -0.4 is 10.5 Å². The van der Waals surface area contributed by atoms with Crippen LogP contribution in [0.2, 0.25) is 0 Å². The summed E-state index contributed by atoms with van der Waals surface area (Å²) in [5.41, 5.74) is 6.93. The van der Waals surface area contributed by atoms with Gasteiger partial charge in [-0.3, -0.25) is 10.1 Å². The molecule has 1 aromatic carbocycles. The number of ether oxygens (including phenoxy) is 1. The third kappa shape index (κ3) is 2.59. The van der Waals surface area contributed by atoms with Crippen LogP contribution in [0.25, 0.3) is 0 Å². The Hall–Kier alpha value is -2.70. The van der Waals surface area contributed by atoms with Crippen LogP contribution in [-0.4, -0.2) is 14.9 Å². The van der Waals surface area contributed by atoms with Gasteiger partial charge in [0, 0.05) is 18.0 Å². The SMILES string of the molecule is Cc1cc(C)c([N+](=O)[O-])cc1Oc1nccnc1N. The van der Waals surface area contributed by atoms with E-state index in [4.69, 9.17) is 10.5 Å². The van der Waals surface area contributed by atoms with E-state index in [1.807, 2.05) is 0 Å². The van der Waals surface area contributed by atoms with Gasteiger partial charge in [0.2, 0.25) is 0 Å². The lowest BCUT2D eigenvalue weighted by Gasteiger charge is -2.09. The van der Waals surface area contributed by atoms with E-state index in [0.717, 1.165) is 5.56 Å². The quantitative estimate of drug-likeness (QED) is 0.671. The largest absolute Gasteiger partial charge is 0.435 e. The number of hydrogen-bond acceptors (Lipinski definition) is 6. The first-order chi connectivity index (χ1) is 8.99. The monoisotopic (exact) mass is 260 g/mol. The molecule has 0 aliphatic heterocycles. The molecule has 0 bridgehead atoms. The molecule has 0 radical (unpaired) electrons. The van der Waals surface area contributed by atoms with Crippen molar-refractivity contribution in [3.05, 3.63) is 45.8 Å². The first-order valence-electron chi connectivity index (χ1n) is 5.49. The Labute approximate surface area is 109 Å². The van der Waals surface area contributed by atoms with Crippen LogP contribution in [0.4, 0.5) is 11.5 Å². The summed E-state index contributed by atoms with van der Waals surface area (Å²) in [7, 11) is 0. The molecule has 0 fully saturated rings. The first-order valence-corrected chi connectivity index (χ1v) is 5.49. The van der Waals surface area contributed by atoms with E-state index in [1.165, 1.54) is 18.5 Å². The smallest absolute Gasteiger partial charge is 0.276 e. The van der Waals surface area contributed by atoms with Gasteiger partial charge in [-0.25, -0.2) is 9.97 Å². The van der Waals surface area contributed by atoms with Gasteiger partial charge in [-0.05, 0) is 25.5 Å². The second-order valence-corrected chi connectivity index (χ2v) is 4.01. The molecule has 1 heterocycles. The molecule has 19 heavy (non-hydrogen) atoms. The number of hydrogen-bond donors (Lipinski definition) is 1. The third-order valence-corrected chi connectivity index (χ3v) is 2.59. The second-order valence-electron chi connectivity index (χ2n) is 4.01. The normalized spacial score (nSPS) is 10.2. The van der Waals surface area contributed by atoms with E-state index < -0.39 is 4.92 Å². The number of benzene rings is 1. The lowest BCUT2D eigenvalue weighted by atomic mass is 10.1. The van der Waals surface area contributed by atoms with Crippen molar-refractivity contribution in [1.82, 2.24) is 9.97 Å². The summed E-state index contributed by atoms with van der Waals surface area (Å²) in [6.07, 6.45) is 2.87. The number of nitro benzene ring substituents is 1. The molecule has 2 rings (SSSR count). The fourth-order valence-corrected chi connectivity index (χ4v) is 1.65. The van der Waals surface area contributed by atoms with Gasteiger partial charge in [0.25, 0.3) is 11.6 Å². The maximum atomic E-state index is 10.9. The predicted octanol–water partition coefficient (Wildman–Crippen LogP) is 2.38. The maximum absolute atomic E-state index is 10.9. The lowest BCUT2D eigenvalue weighted by Crippen LogP contribution is -1.99. The van der Waals surface area contributed by atoms with Crippen LogP contribution in [0, 0.1) is 24.0 Å². The molecule has 0 aliphatic carbocycles. The van der Waals surface area contributed by atoms with Crippen molar-refractivity contribution in [2.45, 2.75) is 13.8 Å². The fourth-order valence-electron chi connectivity index (χ4n) is 1.65. The van der Waals surface area contributed by atoms with Gasteiger partial charge < -0.3 is 10.5 Å². The zero-order chi connectivity index (χ0) is 14.0. The zero-order valence-corrected chi connectivity index (χ0v) is 10.5. The lowest BCUT2D eigenvalue weighted by molar-refractivity contribution is -0.385. The minimum absolute atomic E-state index is 0.0111. The highest BCUT2D eigenvalue weighted by Gasteiger charge is 2.16. The summed E-state index contributed by atoms with van der Waals surface area (Å²) in [4.78, 5) is 18.2. The predicted molar refractivity (Wildman–Crippen MR) is 69.1 cm³/mol. The molecule has 0 aliphatic rings. The molecule has 2 aromatic rings. The molecule has 0 amide bonds. The molecular weight excluding hydrogens is 248 g/mol. The van der Waals surface area contributed by atoms with Gasteiger partial charge in [-0.15, -0.1) is 0 Å². The van der Waals surface area contributed by atoms with Crippen molar-refractivity contribution in [2.24, 2.45) is 0 Å². The molecule has 0 spiro atoms. The third-order valence-electron chi connectivity index (χ3n) is 2.59. The molecule has 7 heteroatoms. The Morgan fingerprint density at radius 3 is 2.53 bits per heavy atom. The Balaban J connectivity index is 2.43. The minimum Gasteiger partial charge on any atom is -0.435 e. The Kier molecular flexibility index (Phi) is 3.28. The van der Waals surface area contributed by atoms with Gasteiger partial charge in [0.05, 0.1) is 11.0 Å². The van der Waals surface area contributed by atoms with Crippen LogP contribution in [0.15, 0.2) is 24.5 Å². The number of aryl methyl sites for hydroxylation is 2. The van der Waals surface area contributed by atoms with E-state index in [-0.39, 0.29) is 17.4 Å². The zero-order valence-electron chi connectivity index (χ0n) is 10.5. The molecule has 0 unspecified atom stereocenters. The van der Waals surface area contributed by atoms with E-state index >= 15 is 0 Å². The summed E-state index contributed by atoms with van der Waals surface area (Å²) in [6, 6.07) is 3.04. The average Bonchev–Trinajstić information content (AvgIpc) is 2.34. The highest BCUT2D eigenvalue weighted by Crippen LogP contribution is 2.31. The molecule has 0 saturated heterocycles. The van der Waals surface area contributed by atoms with Crippen LogP contribution in [-0.2, 0) is 0 Å². The van der Waals surface area contributed by atoms with Crippen LogP contribution in [0.1, 0.15) is 11.1 Å². The van der Waals surface area contributed by atoms with Crippen molar-refractivity contribution in [2.75, 3.05) is 5.73 Å². The summed E-state index contributed by atoms with van der Waals surface area (Å²) in [6.45, 7) is 3.46. The Bertz CT molecular complexity index is 643. The van der Waals surface area contributed by atoms with Crippen LogP contribution in [0.3, 0.4) is 0 Å². The Morgan fingerprint density at radius 2 is 1.89 bits per heavy atom. The van der Waals surface area contributed by atoms with Gasteiger partial charge in [-0.2, -0.15) is 0 Å². The van der Waals surface area contributed by atoms with Gasteiger partial charge in [0.15, 0.2) is 5.82 Å². The number of rotatable bonds is 3. The van der Waals surface area contributed by atoms with Gasteiger partial charge >= 0.3 is 0 Å². The van der Waals surface area contributed by atoms with Crippen molar-refractivity contribution < 1.29 is 9.66 Å². The summed E-state index contributed by atoms with van der Waals surface area (Å²) < 4.78 is 5.48. The maximum Gasteiger partial charge on any atom is 0.276 e.